The molecule has 0 aliphatic carbocycles. The van der Waals surface area contributed by atoms with Crippen LogP contribution in [0.2, 0.25) is 23.2 Å². The van der Waals surface area contributed by atoms with E-state index in [1.54, 1.807) is 12.1 Å². The molecule has 204 valence electrons. The summed E-state index contributed by atoms with van der Waals surface area (Å²) in [7, 11) is -5.40. The Balaban J connectivity index is 1.69. The normalized spacial score (nSPS) is 13.2. The molecule has 1 atom stereocenters. The predicted octanol–water partition coefficient (Wildman–Crippen LogP) is 6.54. The highest BCUT2D eigenvalue weighted by atomic mass is 35.5. The van der Waals surface area contributed by atoms with Gasteiger partial charge in [-0.25, -0.2) is 8.42 Å². The molecule has 0 saturated heterocycles. The highest BCUT2D eigenvalue weighted by Gasteiger charge is 2.32. The van der Waals surface area contributed by atoms with E-state index in [2.05, 4.69) is 55.7 Å². The van der Waals surface area contributed by atoms with E-state index in [4.69, 9.17) is 20.8 Å². The van der Waals surface area contributed by atoms with Crippen molar-refractivity contribution in [2.24, 2.45) is 0 Å². The van der Waals surface area contributed by atoms with Gasteiger partial charge in [-0.05, 0) is 67.4 Å². The van der Waals surface area contributed by atoms with Gasteiger partial charge in [0.2, 0.25) is 10.0 Å². The quantitative estimate of drug-likeness (QED) is 0.152. The molecule has 0 aliphatic heterocycles. The van der Waals surface area contributed by atoms with Crippen LogP contribution in [0.5, 0.6) is 5.75 Å². The van der Waals surface area contributed by atoms with E-state index in [0.717, 1.165) is 41.2 Å². The zero-order chi connectivity index (χ0) is 27.2. The first kappa shape index (κ1) is 29.5. The monoisotopic (exact) mass is 565 g/mol. The molecule has 2 aromatic carbocycles. The lowest BCUT2D eigenvalue weighted by Gasteiger charge is -2.34. The molecule has 0 spiro atoms. The highest BCUT2D eigenvalue weighted by Crippen LogP contribution is 2.33. The maximum absolute atomic E-state index is 11.8. The third-order valence-corrected chi connectivity index (χ3v) is 12.7. The first-order chi connectivity index (χ1) is 17.5. The Bertz CT molecular complexity index is 1300. The number of anilines is 1. The molecule has 0 amide bonds. The number of rotatable bonds is 14. The molecule has 0 saturated carbocycles. The molecule has 3 rings (SSSR count). The summed E-state index contributed by atoms with van der Waals surface area (Å²) < 4.78 is 39.0. The van der Waals surface area contributed by atoms with Gasteiger partial charge in [0.1, 0.15) is 12.4 Å². The van der Waals surface area contributed by atoms with Crippen LogP contribution in [0.4, 0.5) is 5.69 Å². The molecule has 3 aromatic rings. The molecular weight excluding hydrogens is 526 g/mol. The number of nitrogens with one attached hydrogen (secondary N) is 3. The lowest BCUT2D eigenvalue weighted by molar-refractivity contribution is 0.183. The van der Waals surface area contributed by atoms with E-state index >= 15 is 0 Å². The molecule has 7 nitrogen and oxygen atoms in total. The van der Waals surface area contributed by atoms with Crippen molar-refractivity contribution >= 4 is 46.5 Å². The van der Waals surface area contributed by atoms with Crippen LogP contribution < -0.4 is 14.8 Å². The van der Waals surface area contributed by atoms with Crippen LogP contribution in [0.25, 0.3) is 10.9 Å². The first-order valence-electron chi connectivity index (χ1n) is 12.9. The summed E-state index contributed by atoms with van der Waals surface area (Å²) in [5.41, 5.74) is 4.76. The van der Waals surface area contributed by atoms with Crippen molar-refractivity contribution < 1.29 is 17.6 Å². The number of benzene rings is 2. The molecule has 1 heterocycles. The Kier molecular flexibility index (Phi) is 10.1. The Labute approximate surface area is 227 Å². The van der Waals surface area contributed by atoms with Crippen molar-refractivity contribution in [3.63, 3.8) is 0 Å². The summed E-state index contributed by atoms with van der Waals surface area (Å²) in [5, 5.41) is 5.04. The topological polar surface area (TPSA) is 92.4 Å². The average Bonchev–Trinajstić information content (AvgIpc) is 3.14. The second-order valence-electron chi connectivity index (χ2n) is 9.60. The van der Waals surface area contributed by atoms with Crippen molar-refractivity contribution in [2.75, 3.05) is 30.7 Å². The van der Waals surface area contributed by atoms with Crippen LogP contribution in [-0.2, 0) is 14.4 Å². The molecule has 0 fully saturated rings. The van der Waals surface area contributed by atoms with Crippen molar-refractivity contribution in [3.05, 3.63) is 58.2 Å². The number of hydrogen-bond donors (Lipinski definition) is 3. The Morgan fingerprint density at radius 3 is 2.41 bits per heavy atom. The van der Waals surface area contributed by atoms with Gasteiger partial charge in [0.25, 0.3) is 0 Å². The summed E-state index contributed by atoms with van der Waals surface area (Å²) in [6.07, 6.45) is 0.884. The summed E-state index contributed by atoms with van der Waals surface area (Å²) in [5.74, 6) is 0.826. The number of sulfonamides is 1. The van der Waals surface area contributed by atoms with Gasteiger partial charge in [-0.3, -0.25) is 4.72 Å². The highest BCUT2D eigenvalue weighted by molar-refractivity contribution is 7.92. The number of hydrogen-bond acceptors (Lipinski definition) is 5. The fourth-order valence-corrected chi connectivity index (χ4v) is 8.18. The SMILES string of the molecule is CC[Si](CC)(CC)O[C@@H](CNCCOc1ccc2c(C)c(C)[nH]c2c1)c1ccc(Cl)c(NS(C)(=O)=O)c1. The van der Waals surface area contributed by atoms with Crippen molar-refractivity contribution in [2.45, 2.75) is 58.9 Å². The van der Waals surface area contributed by atoms with Crippen LogP contribution in [0, 0.1) is 13.8 Å². The lowest BCUT2D eigenvalue weighted by atomic mass is 10.1. The Morgan fingerprint density at radius 1 is 1.05 bits per heavy atom. The number of aromatic amines is 1. The van der Waals surface area contributed by atoms with Crippen LogP contribution in [0.1, 0.15) is 43.7 Å². The number of H-pyrrole nitrogens is 1. The molecule has 0 unspecified atom stereocenters. The van der Waals surface area contributed by atoms with Crippen LogP contribution >= 0.6 is 11.6 Å². The van der Waals surface area contributed by atoms with Crippen molar-refractivity contribution in [1.82, 2.24) is 10.3 Å². The minimum absolute atomic E-state index is 0.231. The second kappa shape index (κ2) is 12.7. The zero-order valence-electron chi connectivity index (χ0n) is 22.7. The summed E-state index contributed by atoms with van der Waals surface area (Å²) >= 11 is 6.28. The smallest absolute Gasteiger partial charge is 0.229 e. The van der Waals surface area contributed by atoms with Gasteiger partial charge in [-0.15, -0.1) is 0 Å². The molecular formula is C27H40ClN3O4SSi. The zero-order valence-corrected chi connectivity index (χ0v) is 25.3. The molecule has 0 radical (unpaired) electrons. The van der Waals surface area contributed by atoms with Crippen molar-refractivity contribution in [3.8, 4) is 5.75 Å². The lowest BCUT2D eigenvalue weighted by Crippen LogP contribution is -2.40. The standard InChI is InChI=1S/C27H40ClN3O4SSi/c1-7-37(8-2,9-3)35-27(21-10-13-24(28)26(16-21)31-36(6,32)33)18-29-14-15-34-22-11-12-23-19(4)20(5)30-25(23)17-22/h10-13,16-17,27,29-31H,7-9,14-15,18H2,1-6H3/t27-/m0/s1. The number of fused-ring (bicyclic) bond motifs is 1. The Morgan fingerprint density at radius 2 is 1.76 bits per heavy atom. The molecule has 10 heteroatoms. The third kappa shape index (κ3) is 7.74. The average molecular weight is 566 g/mol. The van der Waals surface area contributed by atoms with Crippen LogP contribution in [0.3, 0.4) is 0 Å². The third-order valence-electron chi connectivity index (χ3n) is 7.14. The van der Waals surface area contributed by atoms with E-state index in [0.29, 0.717) is 30.4 Å². The minimum atomic E-state index is -3.46. The fourth-order valence-electron chi connectivity index (χ4n) is 4.57. The second-order valence-corrected chi connectivity index (χ2v) is 16.5. The molecule has 0 bridgehead atoms. The van der Waals surface area contributed by atoms with Gasteiger partial charge in [-0.1, -0.05) is 38.4 Å². The van der Waals surface area contributed by atoms with E-state index < -0.39 is 18.3 Å². The van der Waals surface area contributed by atoms with Gasteiger partial charge >= 0.3 is 0 Å². The minimum Gasteiger partial charge on any atom is -0.492 e. The van der Waals surface area contributed by atoms with Gasteiger partial charge in [0.15, 0.2) is 8.32 Å². The fraction of sp³-hybridized carbons (Fsp3) is 0.481. The summed E-state index contributed by atoms with van der Waals surface area (Å²) in [6, 6.07) is 14.6. The van der Waals surface area contributed by atoms with E-state index in [9.17, 15) is 8.42 Å². The number of aryl methyl sites for hydroxylation is 2. The Hall–Kier alpha value is -2.04. The number of ether oxygens (including phenoxy) is 1. The predicted molar refractivity (Wildman–Crippen MR) is 157 cm³/mol. The molecule has 1 aromatic heterocycles. The van der Waals surface area contributed by atoms with Gasteiger partial charge in [-0.2, -0.15) is 0 Å². The summed E-state index contributed by atoms with van der Waals surface area (Å²) in [4.78, 5) is 3.40. The van der Waals surface area contributed by atoms with Gasteiger partial charge < -0.3 is 19.5 Å². The van der Waals surface area contributed by atoms with Crippen LogP contribution in [0.15, 0.2) is 36.4 Å². The molecule has 3 N–H and O–H groups in total. The van der Waals surface area contributed by atoms with Crippen molar-refractivity contribution in [1.29, 1.82) is 0 Å². The van der Waals surface area contributed by atoms with Gasteiger partial charge in [0.05, 0.1) is 23.1 Å². The molecule has 37 heavy (non-hydrogen) atoms. The first-order valence-corrected chi connectivity index (χ1v) is 17.7. The largest absolute Gasteiger partial charge is 0.492 e. The number of halogens is 1. The maximum atomic E-state index is 11.8. The molecule has 0 aliphatic rings. The van der Waals surface area contributed by atoms with E-state index in [1.807, 2.05) is 18.2 Å². The number of aromatic nitrogens is 1. The summed E-state index contributed by atoms with van der Waals surface area (Å²) in [6.45, 7) is 12.5. The van der Waals surface area contributed by atoms with E-state index in [1.165, 1.54) is 16.6 Å². The van der Waals surface area contributed by atoms with Crippen LogP contribution in [-0.4, -0.2) is 47.7 Å². The van der Waals surface area contributed by atoms with Gasteiger partial charge in [0, 0.05) is 35.8 Å². The van der Waals surface area contributed by atoms with E-state index in [-0.39, 0.29) is 6.10 Å². The maximum Gasteiger partial charge on any atom is 0.229 e.